The Balaban J connectivity index is 2.08. The van der Waals surface area contributed by atoms with Crippen LogP contribution in [0.15, 0.2) is 0 Å². The minimum atomic E-state index is -0.572. The molecule has 0 aromatic carbocycles. The van der Waals surface area contributed by atoms with E-state index in [0.29, 0.717) is 0 Å². The van der Waals surface area contributed by atoms with Gasteiger partial charge in [0.2, 0.25) is 5.91 Å². The lowest BCUT2D eigenvalue weighted by Crippen LogP contribution is -2.65. The van der Waals surface area contributed by atoms with Crippen molar-refractivity contribution in [2.24, 2.45) is 5.73 Å². The zero-order valence-electron chi connectivity index (χ0n) is 9.32. The molecule has 0 spiro atoms. The molecule has 3 N–H and O–H groups in total. The van der Waals surface area contributed by atoms with E-state index in [1.165, 1.54) is 0 Å². The van der Waals surface area contributed by atoms with E-state index in [9.17, 15) is 4.79 Å². The van der Waals surface area contributed by atoms with E-state index in [1.54, 1.807) is 0 Å². The van der Waals surface area contributed by atoms with Gasteiger partial charge in [0.15, 0.2) is 0 Å². The first-order chi connectivity index (χ1) is 7.00. The van der Waals surface area contributed by atoms with Crippen LogP contribution in [0.3, 0.4) is 0 Å². The van der Waals surface area contributed by atoms with Crippen LogP contribution in [-0.4, -0.2) is 54.7 Å². The van der Waals surface area contributed by atoms with Crippen molar-refractivity contribution in [3.63, 3.8) is 0 Å². The van der Waals surface area contributed by atoms with Crippen LogP contribution in [0.25, 0.3) is 0 Å². The fourth-order valence-corrected chi connectivity index (χ4v) is 2.17. The summed E-state index contributed by atoms with van der Waals surface area (Å²) in [5.41, 5.74) is 4.84. The number of nitrogens with two attached hydrogens (primary N) is 1. The second-order valence-corrected chi connectivity index (χ2v) is 4.87. The quantitative estimate of drug-likeness (QED) is 0.612. The fraction of sp³-hybridized carbons (Fsp3) is 0.900. The largest absolute Gasteiger partial charge is 0.370 e. The molecule has 2 aliphatic heterocycles. The molecule has 86 valence electrons. The van der Waals surface area contributed by atoms with Crippen LogP contribution in [0.5, 0.6) is 0 Å². The minimum Gasteiger partial charge on any atom is -0.370 e. The summed E-state index contributed by atoms with van der Waals surface area (Å²) in [6, 6.07) is 0. The molecule has 2 fully saturated rings. The SMILES string of the molecule is CC(C)(C(N)=O)N1CC2CNCC(C1)O2. The van der Waals surface area contributed by atoms with Gasteiger partial charge in [0.1, 0.15) is 0 Å². The van der Waals surface area contributed by atoms with E-state index in [4.69, 9.17) is 10.5 Å². The summed E-state index contributed by atoms with van der Waals surface area (Å²) < 4.78 is 5.77. The van der Waals surface area contributed by atoms with Crippen molar-refractivity contribution in [2.75, 3.05) is 26.2 Å². The molecule has 5 heteroatoms. The van der Waals surface area contributed by atoms with Crippen molar-refractivity contribution in [1.82, 2.24) is 10.2 Å². The van der Waals surface area contributed by atoms with Gasteiger partial charge in [0, 0.05) is 26.2 Å². The summed E-state index contributed by atoms with van der Waals surface area (Å²) in [6.45, 7) is 7.04. The molecule has 2 aliphatic rings. The van der Waals surface area contributed by atoms with Gasteiger partial charge in [-0.1, -0.05) is 0 Å². The zero-order valence-corrected chi connectivity index (χ0v) is 9.32. The van der Waals surface area contributed by atoms with Gasteiger partial charge in [-0.2, -0.15) is 0 Å². The van der Waals surface area contributed by atoms with Crippen molar-refractivity contribution >= 4 is 5.91 Å². The summed E-state index contributed by atoms with van der Waals surface area (Å²) >= 11 is 0. The number of amides is 1. The second-order valence-electron chi connectivity index (χ2n) is 4.87. The van der Waals surface area contributed by atoms with Crippen LogP contribution in [0.4, 0.5) is 0 Å². The number of hydrogen-bond donors (Lipinski definition) is 2. The molecule has 2 bridgehead atoms. The predicted molar refractivity (Wildman–Crippen MR) is 56.4 cm³/mol. The summed E-state index contributed by atoms with van der Waals surface area (Å²) in [6.07, 6.45) is 0.382. The molecule has 0 aromatic rings. The molecular weight excluding hydrogens is 194 g/mol. The van der Waals surface area contributed by atoms with Crippen molar-refractivity contribution in [3.8, 4) is 0 Å². The van der Waals surface area contributed by atoms with Crippen LogP contribution >= 0.6 is 0 Å². The lowest BCUT2D eigenvalue weighted by Gasteiger charge is -2.47. The number of carbonyl (C=O) groups is 1. The van der Waals surface area contributed by atoms with Gasteiger partial charge >= 0.3 is 0 Å². The lowest BCUT2D eigenvalue weighted by molar-refractivity contribution is -0.146. The molecule has 0 radical (unpaired) electrons. The maximum absolute atomic E-state index is 11.4. The van der Waals surface area contributed by atoms with Crippen LogP contribution in [-0.2, 0) is 9.53 Å². The highest BCUT2D eigenvalue weighted by atomic mass is 16.5. The Morgan fingerprint density at radius 1 is 1.40 bits per heavy atom. The topological polar surface area (TPSA) is 67.6 Å². The summed E-state index contributed by atoms with van der Waals surface area (Å²) in [7, 11) is 0. The number of carbonyl (C=O) groups excluding carboxylic acids is 1. The Hall–Kier alpha value is -0.650. The van der Waals surface area contributed by atoms with Crippen molar-refractivity contribution in [2.45, 2.75) is 31.6 Å². The first-order valence-corrected chi connectivity index (χ1v) is 5.41. The van der Waals surface area contributed by atoms with E-state index < -0.39 is 5.54 Å². The van der Waals surface area contributed by atoms with Gasteiger partial charge in [-0.15, -0.1) is 0 Å². The van der Waals surface area contributed by atoms with Gasteiger partial charge in [0.05, 0.1) is 17.7 Å². The molecule has 2 heterocycles. The summed E-state index contributed by atoms with van der Waals surface area (Å²) in [4.78, 5) is 13.5. The van der Waals surface area contributed by atoms with E-state index in [2.05, 4.69) is 10.2 Å². The number of fused-ring (bicyclic) bond motifs is 2. The Labute approximate surface area is 89.9 Å². The van der Waals surface area contributed by atoms with E-state index in [0.717, 1.165) is 26.2 Å². The van der Waals surface area contributed by atoms with Crippen LogP contribution < -0.4 is 11.1 Å². The predicted octanol–water partition coefficient (Wildman–Crippen LogP) is -1.08. The van der Waals surface area contributed by atoms with Gasteiger partial charge in [0.25, 0.3) is 0 Å². The van der Waals surface area contributed by atoms with Crippen LogP contribution in [0.2, 0.25) is 0 Å². The molecule has 0 saturated carbocycles. The normalized spacial score (nSPS) is 32.7. The first kappa shape index (κ1) is 10.9. The highest BCUT2D eigenvalue weighted by Crippen LogP contribution is 2.22. The van der Waals surface area contributed by atoms with Crippen LogP contribution in [0, 0.1) is 0 Å². The summed E-state index contributed by atoms with van der Waals surface area (Å²) in [5, 5.41) is 3.32. The monoisotopic (exact) mass is 213 g/mol. The standard InChI is InChI=1S/C10H19N3O2/c1-10(2,9(11)14)13-5-7-3-12-4-8(6-13)15-7/h7-8,12H,3-6H2,1-2H3,(H2,11,14). The number of rotatable bonds is 2. The van der Waals surface area contributed by atoms with E-state index >= 15 is 0 Å². The smallest absolute Gasteiger partial charge is 0.237 e. The van der Waals surface area contributed by atoms with Gasteiger partial charge in [-0.05, 0) is 13.8 Å². The third-order valence-electron chi connectivity index (χ3n) is 3.37. The third-order valence-corrected chi connectivity index (χ3v) is 3.37. The van der Waals surface area contributed by atoms with Gasteiger partial charge in [-0.3, -0.25) is 9.69 Å². The Morgan fingerprint density at radius 2 is 1.93 bits per heavy atom. The fourth-order valence-electron chi connectivity index (χ4n) is 2.17. The van der Waals surface area contributed by atoms with Crippen LogP contribution in [0.1, 0.15) is 13.8 Å². The average molecular weight is 213 g/mol. The summed E-state index contributed by atoms with van der Waals surface area (Å²) in [5.74, 6) is -0.268. The third kappa shape index (κ3) is 2.00. The highest BCUT2D eigenvalue weighted by molar-refractivity contribution is 5.83. The molecule has 0 aromatic heterocycles. The molecule has 2 atom stereocenters. The van der Waals surface area contributed by atoms with Gasteiger partial charge < -0.3 is 15.8 Å². The Kier molecular flexibility index (Phi) is 2.70. The molecule has 2 rings (SSSR count). The minimum absolute atomic E-state index is 0.191. The first-order valence-electron chi connectivity index (χ1n) is 5.41. The number of primary amides is 1. The number of nitrogens with zero attached hydrogens (tertiary/aromatic N) is 1. The number of ether oxygens (including phenoxy) is 1. The molecule has 2 unspecified atom stereocenters. The average Bonchev–Trinajstić information content (AvgIpc) is 2.16. The molecule has 1 amide bonds. The van der Waals surface area contributed by atoms with Crippen molar-refractivity contribution in [1.29, 1.82) is 0 Å². The highest BCUT2D eigenvalue weighted by Gasteiger charge is 2.40. The Bertz CT molecular complexity index is 255. The Morgan fingerprint density at radius 3 is 2.40 bits per heavy atom. The zero-order chi connectivity index (χ0) is 11.1. The van der Waals surface area contributed by atoms with Crippen molar-refractivity contribution < 1.29 is 9.53 Å². The molecule has 0 aliphatic carbocycles. The number of hydrogen-bond acceptors (Lipinski definition) is 4. The van der Waals surface area contributed by atoms with E-state index in [-0.39, 0.29) is 18.1 Å². The number of nitrogens with one attached hydrogen (secondary N) is 1. The second kappa shape index (κ2) is 3.73. The maximum Gasteiger partial charge on any atom is 0.237 e. The number of morpholine rings is 2. The lowest BCUT2D eigenvalue weighted by atomic mass is 9.98. The van der Waals surface area contributed by atoms with E-state index in [1.807, 2.05) is 13.8 Å². The molecule has 2 saturated heterocycles. The molecule has 15 heavy (non-hydrogen) atoms. The van der Waals surface area contributed by atoms with Crippen molar-refractivity contribution in [3.05, 3.63) is 0 Å². The molecular formula is C10H19N3O2. The molecule has 5 nitrogen and oxygen atoms in total. The maximum atomic E-state index is 11.4. The van der Waals surface area contributed by atoms with Gasteiger partial charge in [-0.25, -0.2) is 0 Å².